The van der Waals surface area contributed by atoms with Gasteiger partial charge in [-0.3, -0.25) is 4.79 Å². The second kappa shape index (κ2) is 6.59. The van der Waals surface area contributed by atoms with Crippen LogP contribution in [-0.4, -0.2) is 18.2 Å². The largest absolute Gasteiger partial charge is 0.493 e. The van der Waals surface area contributed by atoms with Gasteiger partial charge in [0.1, 0.15) is 6.10 Å². The first kappa shape index (κ1) is 17.6. The second-order valence-corrected chi connectivity index (χ2v) is 6.58. The molecule has 1 aromatic carbocycles. The normalized spacial score (nSPS) is 26.0. The number of halogens is 2. The fraction of sp³-hybridized carbons (Fsp3) is 0.421. The van der Waals surface area contributed by atoms with Crippen molar-refractivity contribution in [3.8, 4) is 5.75 Å². The van der Waals surface area contributed by atoms with Crippen LogP contribution in [-0.2, 0) is 4.74 Å². The van der Waals surface area contributed by atoms with Crippen molar-refractivity contribution in [3.05, 3.63) is 63.1 Å². The highest BCUT2D eigenvalue weighted by molar-refractivity contribution is 5.41. The highest BCUT2D eigenvalue weighted by atomic mass is 19.2. The third-order valence-corrected chi connectivity index (χ3v) is 4.94. The first-order valence-electron chi connectivity index (χ1n) is 8.21. The van der Waals surface area contributed by atoms with Gasteiger partial charge in [0.2, 0.25) is 5.82 Å². The van der Waals surface area contributed by atoms with E-state index in [1.807, 2.05) is 13.8 Å². The van der Waals surface area contributed by atoms with Gasteiger partial charge in [0.05, 0.1) is 13.2 Å². The molecule has 1 N–H and O–H groups in total. The number of methoxy groups -OCH3 is 1. The molecule has 1 fully saturated rings. The Morgan fingerprint density at radius 3 is 2.56 bits per heavy atom. The predicted molar refractivity (Wildman–Crippen MR) is 89.9 cm³/mol. The van der Waals surface area contributed by atoms with Gasteiger partial charge >= 0.3 is 0 Å². The van der Waals surface area contributed by atoms with Gasteiger partial charge < -0.3 is 14.5 Å². The summed E-state index contributed by atoms with van der Waals surface area (Å²) < 4.78 is 39.0. The lowest BCUT2D eigenvalue weighted by atomic mass is 9.81. The molecule has 134 valence electrons. The second-order valence-electron chi connectivity index (χ2n) is 6.58. The minimum absolute atomic E-state index is 0.0211. The van der Waals surface area contributed by atoms with E-state index in [1.165, 1.54) is 25.3 Å². The molecule has 0 radical (unpaired) electrons. The van der Waals surface area contributed by atoms with Gasteiger partial charge in [-0.2, -0.15) is 4.39 Å². The number of nitrogens with one attached hydrogen (secondary N) is 1. The van der Waals surface area contributed by atoms with Crippen molar-refractivity contribution >= 4 is 0 Å². The van der Waals surface area contributed by atoms with Crippen LogP contribution in [0.5, 0.6) is 5.75 Å². The van der Waals surface area contributed by atoms with E-state index in [2.05, 4.69) is 4.98 Å². The summed E-state index contributed by atoms with van der Waals surface area (Å²) in [6.45, 7) is 5.71. The molecule has 0 unspecified atom stereocenters. The summed E-state index contributed by atoms with van der Waals surface area (Å²) in [4.78, 5) is 15.0. The zero-order valence-corrected chi connectivity index (χ0v) is 14.6. The molecule has 4 atom stereocenters. The maximum atomic E-state index is 14.2. The van der Waals surface area contributed by atoms with E-state index in [1.54, 1.807) is 6.92 Å². The molecule has 2 heterocycles. The van der Waals surface area contributed by atoms with Crippen LogP contribution >= 0.6 is 0 Å². The highest BCUT2D eigenvalue weighted by Crippen LogP contribution is 2.50. The lowest BCUT2D eigenvalue weighted by molar-refractivity contribution is 0.0418. The van der Waals surface area contributed by atoms with E-state index in [0.29, 0.717) is 17.0 Å². The molecule has 1 aliphatic heterocycles. The quantitative estimate of drug-likeness (QED) is 0.916. The number of H-pyrrole nitrogens is 1. The molecule has 1 aromatic heterocycles. The van der Waals surface area contributed by atoms with Crippen molar-refractivity contribution in [2.45, 2.75) is 38.9 Å². The standard InChI is InChI=1S/C19H21F2NO3/c1-9-7-12(23)8-15(22-9)19-16(10(2)11(3)25-19)13-5-6-14(20)17(21)18(13)24-4/h5-8,10-11,16,19H,1-4H3,(H,22,23)/t10-,11-,16+,19+/m1/s1. The van der Waals surface area contributed by atoms with E-state index >= 15 is 0 Å². The minimum atomic E-state index is -1.01. The molecule has 0 bridgehead atoms. The topological polar surface area (TPSA) is 51.3 Å². The molecule has 1 aliphatic rings. The van der Waals surface area contributed by atoms with Crippen LogP contribution in [0.1, 0.15) is 42.8 Å². The minimum Gasteiger partial charge on any atom is -0.493 e. The number of hydrogen-bond acceptors (Lipinski definition) is 3. The van der Waals surface area contributed by atoms with E-state index in [0.717, 1.165) is 6.07 Å². The molecule has 1 saturated heterocycles. The lowest BCUT2D eigenvalue weighted by Crippen LogP contribution is -2.17. The van der Waals surface area contributed by atoms with Crippen molar-refractivity contribution in [3.63, 3.8) is 0 Å². The Balaban J connectivity index is 2.15. The van der Waals surface area contributed by atoms with Gasteiger partial charge in [-0.1, -0.05) is 13.0 Å². The number of pyridine rings is 1. The Hall–Kier alpha value is -2.21. The summed E-state index contributed by atoms with van der Waals surface area (Å²) in [7, 11) is 1.31. The molecule has 25 heavy (non-hydrogen) atoms. The number of aromatic amines is 1. The summed E-state index contributed by atoms with van der Waals surface area (Å²) in [5.74, 6) is -2.34. The zero-order chi connectivity index (χ0) is 18.3. The fourth-order valence-electron chi connectivity index (χ4n) is 3.60. The Bertz CT molecular complexity index is 849. The molecule has 6 heteroatoms. The van der Waals surface area contributed by atoms with Gasteiger partial charge in [0.25, 0.3) is 0 Å². The smallest absolute Gasteiger partial charge is 0.200 e. The third kappa shape index (κ3) is 3.06. The van der Waals surface area contributed by atoms with Crippen LogP contribution in [0.3, 0.4) is 0 Å². The first-order chi connectivity index (χ1) is 11.8. The SMILES string of the molecule is COc1c([C@@H]2[C@H](C)[C@@H](C)O[C@H]2c2cc(=O)cc(C)[nH]2)ccc(F)c1F. The number of benzene rings is 1. The molecular weight excluding hydrogens is 328 g/mol. The molecule has 0 amide bonds. The molecule has 0 aliphatic carbocycles. The molecule has 0 saturated carbocycles. The molecule has 0 spiro atoms. The van der Waals surface area contributed by atoms with Crippen molar-refractivity contribution < 1.29 is 18.3 Å². The number of aromatic nitrogens is 1. The number of hydrogen-bond donors (Lipinski definition) is 1. The first-order valence-corrected chi connectivity index (χ1v) is 8.21. The van der Waals surface area contributed by atoms with Crippen molar-refractivity contribution in [1.29, 1.82) is 0 Å². The van der Waals surface area contributed by atoms with Crippen LogP contribution in [0.25, 0.3) is 0 Å². The van der Waals surface area contributed by atoms with E-state index < -0.39 is 17.7 Å². The Labute approximate surface area is 144 Å². The average molecular weight is 349 g/mol. The molecule has 4 nitrogen and oxygen atoms in total. The third-order valence-electron chi connectivity index (χ3n) is 4.94. The fourth-order valence-corrected chi connectivity index (χ4v) is 3.60. The summed E-state index contributed by atoms with van der Waals surface area (Å²) in [5, 5.41) is 0. The van der Waals surface area contributed by atoms with Crippen LogP contribution < -0.4 is 10.2 Å². The van der Waals surface area contributed by atoms with Gasteiger partial charge in [-0.25, -0.2) is 4.39 Å². The maximum Gasteiger partial charge on any atom is 0.200 e. The number of ether oxygens (including phenoxy) is 2. The highest BCUT2D eigenvalue weighted by Gasteiger charge is 2.43. The van der Waals surface area contributed by atoms with E-state index in [9.17, 15) is 13.6 Å². The summed E-state index contributed by atoms with van der Waals surface area (Å²) in [6.07, 6.45) is -0.590. The van der Waals surface area contributed by atoms with Gasteiger partial charge in [0, 0.05) is 35.0 Å². The van der Waals surface area contributed by atoms with Crippen LogP contribution in [0, 0.1) is 24.5 Å². The van der Waals surface area contributed by atoms with E-state index in [-0.39, 0.29) is 29.1 Å². The Morgan fingerprint density at radius 1 is 1.20 bits per heavy atom. The Morgan fingerprint density at radius 2 is 1.92 bits per heavy atom. The predicted octanol–water partition coefficient (Wildman–Crippen LogP) is 3.85. The van der Waals surface area contributed by atoms with Gasteiger partial charge in [-0.15, -0.1) is 0 Å². The van der Waals surface area contributed by atoms with Crippen molar-refractivity contribution in [2.75, 3.05) is 7.11 Å². The number of aryl methyl sites for hydroxylation is 1. The number of rotatable bonds is 3. The van der Waals surface area contributed by atoms with E-state index in [4.69, 9.17) is 9.47 Å². The van der Waals surface area contributed by atoms with Crippen LogP contribution in [0.15, 0.2) is 29.1 Å². The summed E-state index contributed by atoms with van der Waals surface area (Å²) in [6, 6.07) is 5.61. The van der Waals surface area contributed by atoms with Crippen molar-refractivity contribution in [1.82, 2.24) is 4.98 Å². The van der Waals surface area contributed by atoms with Crippen LogP contribution in [0.2, 0.25) is 0 Å². The monoisotopic (exact) mass is 349 g/mol. The summed E-state index contributed by atoms with van der Waals surface area (Å²) >= 11 is 0. The lowest BCUT2D eigenvalue weighted by Gasteiger charge is -2.24. The van der Waals surface area contributed by atoms with Gasteiger partial charge in [0.15, 0.2) is 17.0 Å². The van der Waals surface area contributed by atoms with Crippen LogP contribution in [0.4, 0.5) is 8.78 Å². The van der Waals surface area contributed by atoms with Crippen molar-refractivity contribution in [2.24, 2.45) is 5.92 Å². The molecule has 3 rings (SSSR count). The molecular formula is C19H21F2NO3. The van der Waals surface area contributed by atoms with Gasteiger partial charge in [-0.05, 0) is 25.8 Å². The maximum absolute atomic E-state index is 14.2. The summed E-state index contributed by atoms with van der Waals surface area (Å²) in [5.41, 5.74) is 1.75. The average Bonchev–Trinajstić information content (AvgIpc) is 2.84. The molecule has 2 aromatic rings. The zero-order valence-electron chi connectivity index (χ0n) is 14.6. The Kier molecular flexibility index (Phi) is 4.64.